The number of halogens is 3. The standard InChI is InChI=1S/C55H87F3O3S2/c1-46(2,3)34-28-37(49(10,11)12)43(38(29-34)50(13,14)15)62(61-63(59,60)55(56,57)58,44-39(51(16,17)18)30-35(47(4,5)6)31-40(44)52(19,20)21)45-41(53(22,23)24)32-36(48(7,8)9)33-42(45)54(25,26)27/h28-33H,1-27H3. The van der Waals surface area contributed by atoms with Crippen LogP contribution in [0.4, 0.5) is 13.2 Å². The van der Waals surface area contributed by atoms with E-state index in [-0.39, 0.29) is 16.2 Å². The predicted molar refractivity (Wildman–Crippen MR) is 266 cm³/mol. The molecule has 0 aliphatic rings. The maximum Gasteiger partial charge on any atom is 0.524 e. The van der Waals surface area contributed by atoms with Gasteiger partial charge in [0.25, 0.3) is 0 Å². The van der Waals surface area contributed by atoms with E-state index in [1.165, 1.54) is 0 Å². The minimum Gasteiger partial charge on any atom is -0.200 e. The van der Waals surface area contributed by atoms with Crippen molar-refractivity contribution in [2.24, 2.45) is 0 Å². The van der Waals surface area contributed by atoms with Crippen LogP contribution in [0, 0.1) is 0 Å². The highest BCUT2D eigenvalue weighted by Gasteiger charge is 2.58. The summed E-state index contributed by atoms with van der Waals surface area (Å²) in [6, 6.07) is 12.9. The maximum absolute atomic E-state index is 15.9. The second-order valence-corrected chi connectivity index (χ2v) is 31.7. The summed E-state index contributed by atoms with van der Waals surface area (Å²) in [5, 5.41) is 0. The van der Waals surface area contributed by atoms with Gasteiger partial charge in [-0.15, -0.1) is 0 Å². The van der Waals surface area contributed by atoms with Gasteiger partial charge in [-0.3, -0.25) is 0 Å². The van der Waals surface area contributed by atoms with E-state index in [4.69, 9.17) is 3.63 Å². The Morgan fingerprint density at radius 3 is 0.587 bits per heavy atom. The Bertz CT molecular complexity index is 1970. The molecule has 0 aliphatic carbocycles. The third kappa shape index (κ3) is 11.3. The number of alkyl halides is 3. The first-order chi connectivity index (χ1) is 27.3. The second-order valence-electron chi connectivity index (χ2n) is 27.5. The van der Waals surface area contributed by atoms with E-state index in [2.05, 4.69) is 223 Å². The van der Waals surface area contributed by atoms with E-state index in [0.29, 0.717) is 14.7 Å². The summed E-state index contributed by atoms with van der Waals surface area (Å²) in [6.45, 7) is 56.9. The summed E-state index contributed by atoms with van der Waals surface area (Å²) in [5.41, 5.74) is -3.40. The molecule has 0 atom stereocenters. The van der Waals surface area contributed by atoms with Crippen LogP contribution in [0.1, 0.15) is 237 Å². The van der Waals surface area contributed by atoms with Crippen molar-refractivity contribution in [1.82, 2.24) is 0 Å². The van der Waals surface area contributed by atoms with Gasteiger partial charge in [-0.25, -0.2) is 0 Å². The Morgan fingerprint density at radius 1 is 0.317 bits per heavy atom. The molecule has 3 aromatic carbocycles. The van der Waals surface area contributed by atoms with Gasteiger partial charge in [0.05, 0.1) is 0 Å². The normalized spacial score (nSPS) is 15.3. The van der Waals surface area contributed by atoms with Crippen molar-refractivity contribution in [3.63, 3.8) is 0 Å². The molecule has 63 heavy (non-hydrogen) atoms. The smallest absolute Gasteiger partial charge is 0.200 e. The Morgan fingerprint density at radius 2 is 0.476 bits per heavy atom. The first-order valence-electron chi connectivity index (χ1n) is 22.8. The van der Waals surface area contributed by atoms with Gasteiger partial charge in [-0.2, -0.15) is 25.2 Å². The maximum atomic E-state index is 15.9. The minimum atomic E-state index is -6.35. The zero-order chi connectivity index (χ0) is 49.9. The van der Waals surface area contributed by atoms with Crippen molar-refractivity contribution < 1.29 is 25.2 Å². The van der Waals surface area contributed by atoms with Crippen LogP contribution >= 0.6 is 10.3 Å². The summed E-state index contributed by atoms with van der Waals surface area (Å²) in [5.74, 6) is 0. The molecule has 0 saturated heterocycles. The first-order valence-corrected chi connectivity index (χ1v) is 25.7. The summed E-state index contributed by atoms with van der Waals surface area (Å²) < 4.78 is 84.3. The molecule has 0 aliphatic heterocycles. The molecule has 0 fully saturated rings. The van der Waals surface area contributed by atoms with E-state index < -0.39 is 58.4 Å². The van der Waals surface area contributed by atoms with Gasteiger partial charge in [-0.1, -0.05) is 223 Å². The average Bonchev–Trinajstić information content (AvgIpc) is 3.01. The van der Waals surface area contributed by atoms with Crippen LogP contribution in [0.2, 0.25) is 0 Å². The van der Waals surface area contributed by atoms with Gasteiger partial charge in [-0.05, 0) is 109 Å². The highest BCUT2D eigenvalue weighted by molar-refractivity contribution is 8.33. The molecule has 0 amide bonds. The Labute approximate surface area is 386 Å². The topological polar surface area (TPSA) is 43.4 Å². The molecule has 0 bridgehead atoms. The zero-order valence-corrected chi connectivity index (χ0v) is 46.3. The SMILES string of the molecule is CC(C)(C)c1cc(C(C)(C)C)c(S(OS(=O)(=O)C(F)(F)F)(c2c(C(C)(C)C)cc(C(C)(C)C)cc2C(C)(C)C)c2c(C(C)(C)C)cc(C(C)(C)C)cc2C(C)(C)C)c(C(C)(C)C)c1. The van der Waals surface area contributed by atoms with Crippen LogP contribution in [-0.4, -0.2) is 13.9 Å². The molecule has 0 N–H and O–H groups in total. The summed E-state index contributed by atoms with van der Waals surface area (Å²) >= 11 is 0. The molecule has 3 rings (SSSR count). The van der Waals surface area contributed by atoms with Crippen LogP contribution in [0.15, 0.2) is 51.1 Å². The second kappa shape index (κ2) is 16.2. The molecule has 3 aromatic rings. The molecule has 0 radical (unpaired) electrons. The number of hydrogen-bond acceptors (Lipinski definition) is 3. The fourth-order valence-electron chi connectivity index (χ4n) is 8.04. The fraction of sp³-hybridized carbons (Fsp3) is 0.673. The highest BCUT2D eigenvalue weighted by Crippen LogP contribution is 2.79. The van der Waals surface area contributed by atoms with Crippen molar-refractivity contribution in [3.8, 4) is 0 Å². The number of benzene rings is 3. The molecule has 0 unspecified atom stereocenters. The molecule has 3 nitrogen and oxygen atoms in total. The molecule has 8 heteroatoms. The molecule has 0 saturated carbocycles. The van der Waals surface area contributed by atoms with Gasteiger partial charge in [0.2, 0.25) is 0 Å². The van der Waals surface area contributed by atoms with E-state index in [1.54, 1.807) is 0 Å². The third-order valence-electron chi connectivity index (χ3n) is 12.1. The molecule has 0 spiro atoms. The van der Waals surface area contributed by atoms with Gasteiger partial charge < -0.3 is 0 Å². The average molecular weight is 917 g/mol. The largest absolute Gasteiger partial charge is 0.524 e. The Kier molecular flexibility index (Phi) is 14.2. The Hall–Kier alpha value is -2.29. The fourth-order valence-corrected chi connectivity index (χ4v) is 14.9. The molecule has 0 aromatic heterocycles. The summed E-state index contributed by atoms with van der Waals surface area (Å²) in [7, 11) is -10.4. The molecular formula is C55H87F3O3S2. The van der Waals surface area contributed by atoms with Crippen molar-refractivity contribution in [1.29, 1.82) is 0 Å². The van der Waals surface area contributed by atoms with Crippen molar-refractivity contribution in [3.05, 3.63) is 86.5 Å². The van der Waals surface area contributed by atoms with Crippen LogP contribution in [0.25, 0.3) is 0 Å². The van der Waals surface area contributed by atoms with Gasteiger partial charge in [0.1, 0.15) is 0 Å². The van der Waals surface area contributed by atoms with Crippen molar-refractivity contribution >= 4 is 20.4 Å². The molecular weight excluding hydrogens is 830 g/mol. The Balaban J connectivity index is 3.48. The first kappa shape index (κ1) is 55.0. The lowest BCUT2D eigenvalue weighted by Crippen LogP contribution is -2.35. The van der Waals surface area contributed by atoms with Gasteiger partial charge in [0.15, 0.2) is 0 Å². The molecule has 358 valence electrons. The van der Waals surface area contributed by atoms with Crippen LogP contribution < -0.4 is 0 Å². The number of rotatable bonds is 5. The lowest BCUT2D eigenvalue weighted by molar-refractivity contribution is -0.0496. The lowest BCUT2D eigenvalue weighted by atomic mass is 9.75. The quantitative estimate of drug-likeness (QED) is 0.240. The van der Waals surface area contributed by atoms with Crippen LogP contribution in [-0.2, 0) is 62.5 Å². The van der Waals surface area contributed by atoms with Gasteiger partial charge >= 0.3 is 15.6 Å². The van der Waals surface area contributed by atoms with E-state index in [1.807, 2.05) is 0 Å². The van der Waals surface area contributed by atoms with E-state index >= 15 is 13.2 Å². The third-order valence-corrected chi connectivity index (χ3v) is 17.2. The van der Waals surface area contributed by atoms with Crippen molar-refractivity contribution in [2.45, 2.75) is 256 Å². The minimum absolute atomic E-state index is 0.363. The van der Waals surface area contributed by atoms with Crippen LogP contribution in [0.5, 0.6) is 0 Å². The van der Waals surface area contributed by atoms with Crippen molar-refractivity contribution in [2.75, 3.05) is 0 Å². The zero-order valence-electron chi connectivity index (χ0n) is 44.6. The van der Waals surface area contributed by atoms with E-state index in [0.717, 1.165) is 50.1 Å². The lowest BCUT2D eigenvalue weighted by Gasteiger charge is -2.52. The predicted octanol–water partition coefficient (Wildman–Crippen LogP) is 17.4. The summed E-state index contributed by atoms with van der Waals surface area (Å²) in [4.78, 5) is 1.59. The molecule has 0 heterocycles. The summed E-state index contributed by atoms with van der Waals surface area (Å²) in [6.07, 6.45) is 0. The van der Waals surface area contributed by atoms with E-state index in [9.17, 15) is 8.42 Å². The monoisotopic (exact) mass is 917 g/mol. The number of hydrogen-bond donors (Lipinski definition) is 0. The van der Waals surface area contributed by atoms with Gasteiger partial charge in [0, 0.05) is 14.7 Å². The van der Waals surface area contributed by atoms with Crippen LogP contribution in [0.3, 0.4) is 0 Å². The highest BCUT2D eigenvalue weighted by atomic mass is 32.3.